The largest absolute Gasteiger partial charge is 0.381 e. The number of nitrogens with one attached hydrogen (secondary N) is 2. The Hall–Kier alpha value is -1.49. The maximum atomic E-state index is 3.51. The molecule has 3 aromatic rings. The van der Waals surface area contributed by atoms with E-state index in [1.165, 1.54) is 31.3 Å². The van der Waals surface area contributed by atoms with E-state index < -0.39 is 0 Å². The van der Waals surface area contributed by atoms with E-state index in [0.717, 1.165) is 6.54 Å². The highest BCUT2D eigenvalue weighted by Crippen LogP contribution is 2.21. The van der Waals surface area contributed by atoms with Crippen LogP contribution in [0, 0.1) is 10.5 Å². The van der Waals surface area contributed by atoms with Crippen LogP contribution in [-0.2, 0) is 6.54 Å². The fourth-order valence-electron chi connectivity index (χ4n) is 2.29. The Bertz CT molecular complexity index is 716. The molecule has 3 rings (SSSR count). The predicted octanol–water partition coefficient (Wildman–Crippen LogP) is 4.69. The van der Waals surface area contributed by atoms with E-state index in [1.54, 1.807) is 0 Å². The van der Waals surface area contributed by atoms with Gasteiger partial charge in [0.15, 0.2) is 0 Å². The maximum Gasteiger partial charge on any atom is 0.0457 e. The van der Waals surface area contributed by atoms with Crippen LogP contribution in [0.4, 0.5) is 5.69 Å². The molecule has 3 heteroatoms. The first-order valence-electron chi connectivity index (χ1n) is 6.29. The van der Waals surface area contributed by atoms with Crippen LogP contribution in [0.2, 0.25) is 0 Å². The quantitative estimate of drug-likeness (QED) is 0.650. The Kier molecular flexibility index (Phi) is 3.46. The summed E-state index contributed by atoms with van der Waals surface area (Å²) in [6.45, 7) is 2.98. The number of benzene rings is 2. The van der Waals surface area contributed by atoms with Gasteiger partial charge in [-0.1, -0.05) is 18.2 Å². The zero-order valence-electron chi connectivity index (χ0n) is 10.7. The number of para-hydroxylation sites is 1. The van der Waals surface area contributed by atoms with Gasteiger partial charge in [0.2, 0.25) is 0 Å². The van der Waals surface area contributed by atoms with E-state index in [1.807, 2.05) is 0 Å². The van der Waals surface area contributed by atoms with E-state index in [9.17, 15) is 0 Å². The van der Waals surface area contributed by atoms with E-state index in [-0.39, 0.29) is 0 Å². The maximum absolute atomic E-state index is 3.51. The van der Waals surface area contributed by atoms with Gasteiger partial charge in [-0.3, -0.25) is 0 Å². The number of hydrogen-bond acceptors (Lipinski definition) is 1. The Labute approximate surface area is 126 Å². The molecule has 2 nitrogen and oxygen atoms in total. The molecule has 0 saturated heterocycles. The second-order valence-electron chi connectivity index (χ2n) is 4.67. The summed E-state index contributed by atoms with van der Waals surface area (Å²) >= 11 is 2.34. The molecule has 0 amide bonds. The van der Waals surface area contributed by atoms with Gasteiger partial charge in [-0.15, -0.1) is 0 Å². The van der Waals surface area contributed by atoms with E-state index in [4.69, 9.17) is 0 Å². The number of halogens is 1. The summed E-state index contributed by atoms with van der Waals surface area (Å²) < 4.78 is 1.27. The lowest BCUT2D eigenvalue weighted by molar-refractivity contribution is 1.15. The highest BCUT2D eigenvalue weighted by molar-refractivity contribution is 14.1. The molecule has 96 valence electrons. The van der Waals surface area contributed by atoms with Crippen molar-refractivity contribution in [3.8, 4) is 0 Å². The van der Waals surface area contributed by atoms with Crippen molar-refractivity contribution in [3.63, 3.8) is 0 Å². The molecule has 2 N–H and O–H groups in total. The number of rotatable bonds is 3. The monoisotopic (exact) mass is 362 g/mol. The number of anilines is 1. The summed E-state index contributed by atoms with van der Waals surface area (Å²) in [5.41, 5.74) is 4.98. The van der Waals surface area contributed by atoms with Crippen molar-refractivity contribution in [1.82, 2.24) is 4.98 Å². The molecule has 0 saturated carbocycles. The van der Waals surface area contributed by atoms with Crippen LogP contribution in [0.15, 0.2) is 48.7 Å². The van der Waals surface area contributed by atoms with Crippen molar-refractivity contribution in [2.24, 2.45) is 0 Å². The topological polar surface area (TPSA) is 27.8 Å². The Balaban J connectivity index is 1.82. The summed E-state index contributed by atoms with van der Waals surface area (Å²) in [4.78, 5) is 3.31. The SMILES string of the molecule is Cc1cc(I)ccc1NCc1c[nH]c2ccccc12. The second kappa shape index (κ2) is 5.25. The Morgan fingerprint density at radius 2 is 2.00 bits per heavy atom. The Morgan fingerprint density at radius 1 is 1.16 bits per heavy atom. The van der Waals surface area contributed by atoms with Gasteiger partial charge in [-0.05, 0) is 64.9 Å². The smallest absolute Gasteiger partial charge is 0.0457 e. The first kappa shape index (κ1) is 12.5. The third-order valence-corrected chi connectivity index (χ3v) is 4.00. The van der Waals surface area contributed by atoms with E-state index in [2.05, 4.69) is 88.5 Å². The summed E-state index contributed by atoms with van der Waals surface area (Å²) in [5, 5.41) is 4.80. The minimum atomic E-state index is 0.839. The average Bonchev–Trinajstić information content (AvgIpc) is 2.81. The molecule has 1 heterocycles. The first-order chi connectivity index (χ1) is 9.24. The van der Waals surface area contributed by atoms with Crippen LogP contribution >= 0.6 is 22.6 Å². The lowest BCUT2D eigenvalue weighted by atomic mass is 10.1. The van der Waals surface area contributed by atoms with Gasteiger partial charge in [0.1, 0.15) is 0 Å². The molecule has 0 aliphatic heterocycles. The minimum Gasteiger partial charge on any atom is -0.381 e. The lowest BCUT2D eigenvalue weighted by Crippen LogP contribution is -2.00. The molecule has 0 aliphatic carbocycles. The molecule has 0 unspecified atom stereocenters. The van der Waals surface area contributed by atoms with Crippen molar-refractivity contribution < 1.29 is 0 Å². The highest BCUT2D eigenvalue weighted by Gasteiger charge is 2.03. The number of hydrogen-bond donors (Lipinski definition) is 2. The summed E-state index contributed by atoms with van der Waals surface area (Å²) in [5.74, 6) is 0. The molecule has 19 heavy (non-hydrogen) atoms. The highest BCUT2D eigenvalue weighted by atomic mass is 127. The van der Waals surface area contributed by atoms with Crippen LogP contribution in [0.5, 0.6) is 0 Å². The van der Waals surface area contributed by atoms with Crippen molar-refractivity contribution >= 4 is 39.2 Å². The molecule has 0 spiro atoms. The normalized spacial score (nSPS) is 10.8. The van der Waals surface area contributed by atoms with Gasteiger partial charge in [0, 0.05) is 32.9 Å². The minimum absolute atomic E-state index is 0.839. The van der Waals surface area contributed by atoms with Gasteiger partial charge in [-0.2, -0.15) is 0 Å². The van der Waals surface area contributed by atoms with Crippen LogP contribution in [-0.4, -0.2) is 4.98 Å². The van der Waals surface area contributed by atoms with Crippen LogP contribution in [0.25, 0.3) is 10.9 Å². The third-order valence-electron chi connectivity index (χ3n) is 3.33. The summed E-state index contributed by atoms with van der Waals surface area (Å²) in [7, 11) is 0. The fraction of sp³-hybridized carbons (Fsp3) is 0.125. The van der Waals surface area contributed by atoms with Crippen LogP contribution in [0.1, 0.15) is 11.1 Å². The van der Waals surface area contributed by atoms with Crippen molar-refractivity contribution in [1.29, 1.82) is 0 Å². The average molecular weight is 362 g/mol. The van der Waals surface area contributed by atoms with Gasteiger partial charge in [-0.25, -0.2) is 0 Å². The summed E-state index contributed by atoms with van der Waals surface area (Å²) in [6, 6.07) is 14.9. The molecule has 0 bridgehead atoms. The number of aromatic amines is 1. The van der Waals surface area contributed by atoms with E-state index >= 15 is 0 Å². The fourth-order valence-corrected chi connectivity index (χ4v) is 2.94. The molecule has 0 atom stereocenters. The molecule has 0 fully saturated rings. The van der Waals surface area contributed by atoms with Crippen LogP contribution < -0.4 is 5.32 Å². The molecule has 1 aromatic heterocycles. The zero-order chi connectivity index (χ0) is 13.2. The van der Waals surface area contributed by atoms with Gasteiger partial charge < -0.3 is 10.3 Å². The van der Waals surface area contributed by atoms with Gasteiger partial charge >= 0.3 is 0 Å². The number of aromatic nitrogens is 1. The standard InChI is InChI=1S/C16H15IN2/c1-11-8-13(17)6-7-15(11)18-9-12-10-19-16-5-3-2-4-14(12)16/h2-8,10,18-19H,9H2,1H3. The van der Waals surface area contributed by atoms with E-state index in [0.29, 0.717) is 0 Å². The van der Waals surface area contributed by atoms with Gasteiger partial charge in [0.05, 0.1) is 0 Å². The number of aryl methyl sites for hydroxylation is 1. The number of fused-ring (bicyclic) bond motifs is 1. The molecular formula is C16H15IN2. The third kappa shape index (κ3) is 2.61. The van der Waals surface area contributed by atoms with Crippen molar-refractivity contribution in [3.05, 3.63) is 63.4 Å². The second-order valence-corrected chi connectivity index (χ2v) is 5.92. The summed E-state index contributed by atoms with van der Waals surface area (Å²) in [6.07, 6.45) is 2.08. The number of H-pyrrole nitrogens is 1. The van der Waals surface area contributed by atoms with Crippen molar-refractivity contribution in [2.45, 2.75) is 13.5 Å². The molecular weight excluding hydrogens is 347 g/mol. The van der Waals surface area contributed by atoms with Crippen LogP contribution in [0.3, 0.4) is 0 Å². The molecule has 0 aliphatic rings. The lowest BCUT2D eigenvalue weighted by Gasteiger charge is -2.09. The van der Waals surface area contributed by atoms with Gasteiger partial charge in [0.25, 0.3) is 0 Å². The molecule has 2 aromatic carbocycles. The van der Waals surface area contributed by atoms with Crippen molar-refractivity contribution in [2.75, 3.05) is 5.32 Å². The molecule has 0 radical (unpaired) electrons. The predicted molar refractivity (Wildman–Crippen MR) is 89.5 cm³/mol. The first-order valence-corrected chi connectivity index (χ1v) is 7.37. The zero-order valence-corrected chi connectivity index (χ0v) is 12.9. The Morgan fingerprint density at radius 3 is 2.84 bits per heavy atom.